The Balaban J connectivity index is 2.52. The molecule has 0 radical (unpaired) electrons. The number of amides is 2. The number of urea groups is 1. The van der Waals surface area contributed by atoms with Crippen molar-refractivity contribution in [1.82, 2.24) is 5.32 Å². The average molecular weight is 298 g/mol. The number of hydrogen-bond donors (Lipinski definition) is 3. The van der Waals surface area contributed by atoms with E-state index in [9.17, 15) is 9.18 Å². The van der Waals surface area contributed by atoms with Crippen LogP contribution in [0.3, 0.4) is 0 Å². The topological polar surface area (TPSA) is 70.6 Å². The molecular weight excluding hydrogens is 275 g/mol. The molecule has 0 saturated carbocycles. The number of halogens is 1. The lowest BCUT2D eigenvalue weighted by molar-refractivity contribution is 0.241. The second-order valence-electron chi connectivity index (χ2n) is 5.26. The summed E-state index contributed by atoms with van der Waals surface area (Å²) in [6, 6.07) is 3.83. The summed E-state index contributed by atoms with van der Waals surface area (Å²) >= 11 is 0. The highest BCUT2D eigenvalue weighted by Crippen LogP contribution is 2.21. The molecule has 21 heavy (non-hydrogen) atoms. The number of benzene rings is 1. The summed E-state index contributed by atoms with van der Waals surface area (Å²) in [5.41, 5.74) is 0.0958. The number of aliphatic hydroxyl groups excluding tert-OH is 1. The van der Waals surface area contributed by atoms with Crippen molar-refractivity contribution >= 4 is 11.7 Å². The largest absolute Gasteiger partial charge is 0.491 e. The molecule has 1 atom stereocenters. The molecule has 0 aromatic heterocycles. The minimum absolute atomic E-state index is 0.0421. The second-order valence-corrected chi connectivity index (χ2v) is 5.26. The highest BCUT2D eigenvalue weighted by molar-refractivity contribution is 5.89. The standard InChI is InChI=1S/C15H23FN2O3/c1-10(2)21-12-4-5-14(13(16)8-12)18-15(20)17-9-11(3)6-7-19/h4-5,8,10-11,19H,6-7,9H2,1-3H3,(H2,17,18,20). The fourth-order valence-electron chi connectivity index (χ4n) is 1.70. The third kappa shape index (κ3) is 6.44. The van der Waals surface area contributed by atoms with Gasteiger partial charge < -0.3 is 20.5 Å². The van der Waals surface area contributed by atoms with Gasteiger partial charge in [0, 0.05) is 19.2 Å². The molecule has 1 rings (SSSR count). The summed E-state index contributed by atoms with van der Waals surface area (Å²) in [7, 11) is 0. The van der Waals surface area contributed by atoms with Crippen LogP contribution in [0.5, 0.6) is 5.75 Å². The van der Waals surface area contributed by atoms with Crippen LogP contribution in [0, 0.1) is 11.7 Å². The maximum atomic E-state index is 13.8. The van der Waals surface area contributed by atoms with E-state index >= 15 is 0 Å². The summed E-state index contributed by atoms with van der Waals surface area (Å²) in [6.45, 7) is 6.12. The summed E-state index contributed by atoms with van der Waals surface area (Å²) in [4.78, 5) is 11.7. The summed E-state index contributed by atoms with van der Waals surface area (Å²) < 4.78 is 19.2. The van der Waals surface area contributed by atoms with Gasteiger partial charge in [-0.1, -0.05) is 6.92 Å². The van der Waals surface area contributed by atoms with Crippen LogP contribution in [0.25, 0.3) is 0 Å². The number of anilines is 1. The number of ether oxygens (including phenoxy) is 1. The van der Waals surface area contributed by atoms with Gasteiger partial charge in [-0.3, -0.25) is 0 Å². The molecule has 3 N–H and O–H groups in total. The van der Waals surface area contributed by atoms with E-state index in [1.807, 2.05) is 20.8 Å². The Morgan fingerprint density at radius 3 is 2.67 bits per heavy atom. The van der Waals surface area contributed by atoms with E-state index in [-0.39, 0.29) is 24.3 Å². The van der Waals surface area contributed by atoms with Crippen LogP contribution >= 0.6 is 0 Å². The first-order valence-corrected chi connectivity index (χ1v) is 7.04. The zero-order valence-corrected chi connectivity index (χ0v) is 12.6. The lowest BCUT2D eigenvalue weighted by Gasteiger charge is -2.14. The van der Waals surface area contributed by atoms with Crippen LogP contribution in [0.4, 0.5) is 14.9 Å². The van der Waals surface area contributed by atoms with Crippen molar-refractivity contribution in [3.05, 3.63) is 24.0 Å². The molecule has 0 aliphatic rings. The van der Waals surface area contributed by atoms with Gasteiger partial charge in [-0.15, -0.1) is 0 Å². The number of hydrogen-bond acceptors (Lipinski definition) is 3. The number of aliphatic hydroxyl groups is 1. The van der Waals surface area contributed by atoms with Crippen molar-refractivity contribution in [2.75, 3.05) is 18.5 Å². The molecule has 1 aromatic rings. The van der Waals surface area contributed by atoms with Crippen LogP contribution in [0.15, 0.2) is 18.2 Å². The molecule has 5 nitrogen and oxygen atoms in total. The minimum atomic E-state index is -0.549. The lowest BCUT2D eigenvalue weighted by Crippen LogP contribution is -2.32. The first kappa shape index (κ1) is 17.2. The summed E-state index contributed by atoms with van der Waals surface area (Å²) in [6.07, 6.45) is 0.565. The fraction of sp³-hybridized carbons (Fsp3) is 0.533. The molecule has 0 spiro atoms. The van der Waals surface area contributed by atoms with Gasteiger partial charge in [0.2, 0.25) is 0 Å². The van der Waals surface area contributed by atoms with Gasteiger partial charge in [-0.05, 0) is 38.3 Å². The molecule has 1 unspecified atom stereocenters. The average Bonchev–Trinajstić information content (AvgIpc) is 2.39. The number of carbonyl (C=O) groups is 1. The normalized spacial score (nSPS) is 12.1. The van der Waals surface area contributed by atoms with E-state index in [0.717, 1.165) is 0 Å². The minimum Gasteiger partial charge on any atom is -0.491 e. The molecule has 0 bridgehead atoms. The third-order valence-electron chi connectivity index (χ3n) is 2.79. The van der Waals surface area contributed by atoms with E-state index in [0.29, 0.717) is 18.7 Å². The van der Waals surface area contributed by atoms with Crippen LogP contribution in [0.2, 0.25) is 0 Å². The van der Waals surface area contributed by atoms with Crippen molar-refractivity contribution in [2.24, 2.45) is 5.92 Å². The molecular formula is C15H23FN2O3. The lowest BCUT2D eigenvalue weighted by atomic mass is 10.1. The Bertz CT molecular complexity index is 466. The fourth-order valence-corrected chi connectivity index (χ4v) is 1.70. The molecule has 0 aliphatic carbocycles. The Morgan fingerprint density at radius 2 is 2.10 bits per heavy atom. The van der Waals surface area contributed by atoms with E-state index < -0.39 is 11.8 Å². The number of carbonyl (C=O) groups excluding carboxylic acids is 1. The molecule has 0 aliphatic heterocycles. The summed E-state index contributed by atoms with van der Waals surface area (Å²) in [5.74, 6) is 0.0316. The van der Waals surface area contributed by atoms with Gasteiger partial charge in [0.05, 0.1) is 11.8 Å². The Labute approximate surface area is 124 Å². The monoisotopic (exact) mass is 298 g/mol. The van der Waals surface area contributed by atoms with Crippen molar-refractivity contribution in [1.29, 1.82) is 0 Å². The maximum absolute atomic E-state index is 13.8. The van der Waals surface area contributed by atoms with E-state index in [4.69, 9.17) is 9.84 Å². The van der Waals surface area contributed by atoms with Crippen molar-refractivity contribution in [3.8, 4) is 5.75 Å². The Morgan fingerprint density at radius 1 is 1.38 bits per heavy atom. The third-order valence-corrected chi connectivity index (χ3v) is 2.79. The first-order chi connectivity index (χ1) is 9.92. The molecule has 6 heteroatoms. The zero-order chi connectivity index (χ0) is 15.8. The second kappa shape index (κ2) is 8.46. The molecule has 0 saturated heterocycles. The zero-order valence-electron chi connectivity index (χ0n) is 12.6. The van der Waals surface area contributed by atoms with Crippen LogP contribution in [-0.4, -0.2) is 30.4 Å². The molecule has 118 valence electrons. The number of nitrogens with one attached hydrogen (secondary N) is 2. The van der Waals surface area contributed by atoms with E-state index in [1.165, 1.54) is 12.1 Å². The van der Waals surface area contributed by atoms with Crippen molar-refractivity contribution in [3.63, 3.8) is 0 Å². The quantitative estimate of drug-likeness (QED) is 0.725. The maximum Gasteiger partial charge on any atom is 0.319 e. The van der Waals surface area contributed by atoms with E-state index in [2.05, 4.69) is 10.6 Å². The molecule has 1 aromatic carbocycles. The van der Waals surface area contributed by atoms with Crippen LogP contribution < -0.4 is 15.4 Å². The predicted octanol–water partition coefficient (Wildman–Crippen LogP) is 2.75. The molecule has 0 heterocycles. The SMILES string of the molecule is CC(CCO)CNC(=O)Nc1ccc(OC(C)C)cc1F. The van der Waals surface area contributed by atoms with Gasteiger partial charge in [0.15, 0.2) is 0 Å². The smallest absolute Gasteiger partial charge is 0.319 e. The van der Waals surface area contributed by atoms with Crippen LogP contribution in [-0.2, 0) is 0 Å². The van der Waals surface area contributed by atoms with Gasteiger partial charge in [-0.25, -0.2) is 9.18 Å². The van der Waals surface area contributed by atoms with Crippen LogP contribution in [0.1, 0.15) is 27.2 Å². The number of rotatable bonds is 7. The van der Waals surface area contributed by atoms with E-state index in [1.54, 1.807) is 6.07 Å². The summed E-state index contributed by atoms with van der Waals surface area (Å²) in [5, 5.41) is 13.8. The molecule has 0 fully saturated rings. The predicted molar refractivity (Wildman–Crippen MR) is 80.1 cm³/mol. The Hall–Kier alpha value is -1.82. The van der Waals surface area contributed by atoms with Gasteiger partial charge >= 0.3 is 6.03 Å². The van der Waals surface area contributed by atoms with Crippen molar-refractivity contribution < 1.29 is 19.0 Å². The highest BCUT2D eigenvalue weighted by Gasteiger charge is 2.10. The van der Waals surface area contributed by atoms with Gasteiger partial charge in [0.25, 0.3) is 0 Å². The van der Waals surface area contributed by atoms with Gasteiger partial charge in [-0.2, -0.15) is 0 Å². The van der Waals surface area contributed by atoms with Crippen molar-refractivity contribution in [2.45, 2.75) is 33.3 Å². The Kier molecular flexibility index (Phi) is 6.94. The first-order valence-electron chi connectivity index (χ1n) is 7.04. The highest BCUT2D eigenvalue weighted by atomic mass is 19.1. The van der Waals surface area contributed by atoms with Gasteiger partial charge in [0.1, 0.15) is 11.6 Å². The molecule has 2 amide bonds.